The minimum absolute atomic E-state index is 0.152. The normalized spacial score (nSPS) is 14.1. The molecule has 1 N–H and O–H groups in total. The quantitative estimate of drug-likeness (QED) is 0.805. The first kappa shape index (κ1) is 15.9. The van der Waals surface area contributed by atoms with Crippen molar-refractivity contribution in [3.05, 3.63) is 52.2 Å². The van der Waals surface area contributed by atoms with Gasteiger partial charge in [0.15, 0.2) is 0 Å². The highest BCUT2D eigenvalue weighted by atomic mass is 32.1. The minimum Gasteiger partial charge on any atom is -0.435 e. The number of nitrogens with one attached hydrogen (secondary N) is 1. The molecule has 1 aromatic carbocycles. The fourth-order valence-electron chi connectivity index (χ4n) is 2.28. The van der Waals surface area contributed by atoms with Gasteiger partial charge in [0.25, 0.3) is 0 Å². The minimum atomic E-state index is -2.78. The maximum absolute atomic E-state index is 12.1. The Morgan fingerprint density at radius 1 is 1.14 bits per heavy atom. The van der Waals surface area contributed by atoms with E-state index in [1.165, 1.54) is 5.56 Å². The molecule has 0 fully saturated rings. The monoisotopic (exact) mass is 311 g/mol. The van der Waals surface area contributed by atoms with Crippen LogP contribution < -0.4 is 10.1 Å². The molecule has 0 amide bonds. The summed E-state index contributed by atoms with van der Waals surface area (Å²) in [6.45, 7) is 1.42. The van der Waals surface area contributed by atoms with Gasteiger partial charge in [-0.2, -0.15) is 20.1 Å². The Morgan fingerprint density at radius 3 is 2.43 bits per heavy atom. The van der Waals surface area contributed by atoms with Crippen molar-refractivity contribution in [1.29, 1.82) is 0 Å². The molecule has 2 rings (SSSR count). The molecule has 2 unspecified atom stereocenters. The molecule has 2 nitrogen and oxygen atoms in total. The number of ether oxygens (including phenoxy) is 1. The van der Waals surface area contributed by atoms with E-state index in [2.05, 4.69) is 40.7 Å². The average molecular weight is 311 g/mol. The molecule has 1 aromatic heterocycles. The summed E-state index contributed by atoms with van der Waals surface area (Å²) < 4.78 is 28.5. The lowest BCUT2D eigenvalue weighted by atomic mass is 10.1. The van der Waals surface area contributed by atoms with Gasteiger partial charge in [-0.15, -0.1) is 0 Å². The molecule has 0 aliphatic rings. The summed E-state index contributed by atoms with van der Waals surface area (Å²) in [5, 5.41) is 7.74. The van der Waals surface area contributed by atoms with E-state index in [4.69, 9.17) is 0 Å². The Balaban J connectivity index is 1.88. The topological polar surface area (TPSA) is 21.3 Å². The van der Waals surface area contributed by atoms with Gasteiger partial charge in [-0.05, 0) is 60.4 Å². The highest BCUT2D eigenvalue weighted by molar-refractivity contribution is 7.07. The summed E-state index contributed by atoms with van der Waals surface area (Å²) in [5.74, 6) is 0.187. The Kier molecular flexibility index (Phi) is 5.70. The lowest BCUT2D eigenvalue weighted by Crippen LogP contribution is -2.30. The van der Waals surface area contributed by atoms with E-state index in [-0.39, 0.29) is 11.8 Å². The van der Waals surface area contributed by atoms with E-state index in [0.717, 1.165) is 12.0 Å². The Bertz CT molecular complexity index is 528. The maximum atomic E-state index is 12.1. The molecular weight excluding hydrogens is 292 g/mol. The predicted molar refractivity (Wildman–Crippen MR) is 82.1 cm³/mol. The summed E-state index contributed by atoms with van der Waals surface area (Å²) in [7, 11) is 0. The third kappa shape index (κ3) is 5.10. The van der Waals surface area contributed by atoms with E-state index >= 15 is 0 Å². The standard InChI is InChI=1S/C16H19F2NOS/c1-11(9-13-7-8-21-10-13)19-12(2)14-3-5-15(6-4-14)20-16(17)18/h3-8,10-12,16,19H,9H2,1-2H3. The summed E-state index contributed by atoms with van der Waals surface area (Å²) in [4.78, 5) is 0. The molecule has 2 atom stereocenters. The predicted octanol–water partition coefficient (Wildman–Crippen LogP) is 4.63. The summed E-state index contributed by atoms with van der Waals surface area (Å²) in [6, 6.07) is 9.39. The molecule has 2 aromatic rings. The molecular formula is C16H19F2NOS. The smallest absolute Gasteiger partial charge is 0.387 e. The number of benzene rings is 1. The zero-order valence-corrected chi connectivity index (χ0v) is 12.9. The van der Waals surface area contributed by atoms with E-state index in [0.29, 0.717) is 6.04 Å². The van der Waals surface area contributed by atoms with E-state index in [1.54, 1.807) is 23.5 Å². The third-order valence-electron chi connectivity index (χ3n) is 3.26. The first-order valence-corrected chi connectivity index (χ1v) is 7.81. The SMILES string of the molecule is CC(Cc1ccsc1)NC(C)c1ccc(OC(F)F)cc1. The van der Waals surface area contributed by atoms with Gasteiger partial charge in [-0.3, -0.25) is 0 Å². The number of hydrogen-bond donors (Lipinski definition) is 1. The van der Waals surface area contributed by atoms with Crippen LogP contribution >= 0.6 is 11.3 Å². The highest BCUT2D eigenvalue weighted by Crippen LogP contribution is 2.20. The molecule has 1 heterocycles. The molecule has 21 heavy (non-hydrogen) atoms. The van der Waals surface area contributed by atoms with Gasteiger partial charge < -0.3 is 10.1 Å². The van der Waals surface area contributed by atoms with Crippen LogP contribution in [0.2, 0.25) is 0 Å². The van der Waals surface area contributed by atoms with Crippen LogP contribution in [0.1, 0.15) is 31.0 Å². The summed E-state index contributed by atoms with van der Waals surface area (Å²) in [5.41, 5.74) is 2.38. The van der Waals surface area contributed by atoms with Crippen molar-refractivity contribution >= 4 is 11.3 Å². The van der Waals surface area contributed by atoms with Crippen molar-refractivity contribution in [2.45, 2.75) is 39.0 Å². The van der Waals surface area contributed by atoms with E-state index in [1.807, 2.05) is 12.1 Å². The average Bonchev–Trinajstić information content (AvgIpc) is 2.91. The lowest BCUT2D eigenvalue weighted by Gasteiger charge is -2.20. The first-order chi connectivity index (χ1) is 10.0. The molecule has 0 saturated carbocycles. The van der Waals surface area contributed by atoms with Gasteiger partial charge in [-0.25, -0.2) is 0 Å². The summed E-state index contributed by atoms with van der Waals surface area (Å²) in [6.07, 6.45) is 0.973. The van der Waals surface area contributed by atoms with Crippen molar-refractivity contribution in [3.8, 4) is 5.75 Å². The zero-order valence-electron chi connectivity index (χ0n) is 12.1. The second kappa shape index (κ2) is 7.52. The number of thiophene rings is 1. The van der Waals surface area contributed by atoms with Crippen molar-refractivity contribution in [3.63, 3.8) is 0 Å². The van der Waals surface area contributed by atoms with Gasteiger partial charge in [0.05, 0.1) is 0 Å². The molecule has 0 aliphatic carbocycles. The first-order valence-electron chi connectivity index (χ1n) is 6.86. The van der Waals surface area contributed by atoms with Gasteiger partial charge in [0.2, 0.25) is 0 Å². The van der Waals surface area contributed by atoms with Crippen LogP contribution in [0.5, 0.6) is 5.75 Å². The Hall–Kier alpha value is -1.46. The van der Waals surface area contributed by atoms with Gasteiger partial charge in [-0.1, -0.05) is 12.1 Å². The number of halogens is 2. The van der Waals surface area contributed by atoms with Gasteiger partial charge >= 0.3 is 6.61 Å². The largest absolute Gasteiger partial charge is 0.435 e. The van der Waals surface area contributed by atoms with Crippen molar-refractivity contribution in [2.75, 3.05) is 0 Å². The van der Waals surface area contributed by atoms with Gasteiger partial charge in [0.1, 0.15) is 5.75 Å². The van der Waals surface area contributed by atoms with Gasteiger partial charge in [0, 0.05) is 12.1 Å². The molecule has 0 saturated heterocycles. The van der Waals surface area contributed by atoms with Crippen LogP contribution in [0, 0.1) is 0 Å². The number of rotatable bonds is 7. The lowest BCUT2D eigenvalue weighted by molar-refractivity contribution is -0.0498. The highest BCUT2D eigenvalue weighted by Gasteiger charge is 2.11. The Morgan fingerprint density at radius 2 is 1.86 bits per heavy atom. The molecule has 5 heteroatoms. The fourth-order valence-corrected chi connectivity index (χ4v) is 2.96. The third-order valence-corrected chi connectivity index (χ3v) is 3.99. The fraction of sp³-hybridized carbons (Fsp3) is 0.375. The molecule has 0 radical (unpaired) electrons. The van der Waals surface area contributed by atoms with Crippen LogP contribution in [-0.4, -0.2) is 12.7 Å². The van der Waals surface area contributed by atoms with Crippen LogP contribution in [-0.2, 0) is 6.42 Å². The second-order valence-corrected chi connectivity index (χ2v) is 5.85. The second-order valence-electron chi connectivity index (χ2n) is 5.07. The maximum Gasteiger partial charge on any atom is 0.387 e. The Labute approximate surface area is 127 Å². The van der Waals surface area contributed by atoms with Crippen molar-refractivity contribution in [2.24, 2.45) is 0 Å². The van der Waals surface area contributed by atoms with Crippen molar-refractivity contribution in [1.82, 2.24) is 5.32 Å². The zero-order chi connectivity index (χ0) is 15.2. The number of hydrogen-bond acceptors (Lipinski definition) is 3. The summed E-state index contributed by atoms with van der Waals surface area (Å²) >= 11 is 1.70. The molecule has 0 bridgehead atoms. The van der Waals surface area contributed by atoms with Crippen LogP contribution in [0.4, 0.5) is 8.78 Å². The van der Waals surface area contributed by atoms with Crippen LogP contribution in [0.25, 0.3) is 0 Å². The molecule has 0 aliphatic heterocycles. The molecule has 0 spiro atoms. The number of alkyl halides is 2. The molecule has 114 valence electrons. The van der Waals surface area contributed by atoms with Crippen molar-refractivity contribution < 1.29 is 13.5 Å². The van der Waals surface area contributed by atoms with E-state index < -0.39 is 6.61 Å². The van der Waals surface area contributed by atoms with Crippen LogP contribution in [0.3, 0.4) is 0 Å². The van der Waals surface area contributed by atoms with Crippen LogP contribution in [0.15, 0.2) is 41.1 Å². The van der Waals surface area contributed by atoms with E-state index in [9.17, 15) is 8.78 Å².